The molecule has 6 aromatic carbocycles. The third kappa shape index (κ3) is 16.5. The number of methoxy groups -OCH3 is 2. The Bertz CT molecular complexity index is 5070. The summed E-state index contributed by atoms with van der Waals surface area (Å²) in [6.07, 6.45) is 3.29. The summed E-state index contributed by atoms with van der Waals surface area (Å²) in [4.78, 5) is 57.4. The number of carboxylic acids is 2. The molecule has 35 heteroatoms. The molecule has 0 saturated heterocycles. The fourth-order valence-corrected chi connectivity index (χ4v) is 10.7. The molecule has 11 rings (SSSR count). The Morgan fingerprint density at radius 1 is 0.457 bits per heavy atom. The highest BCUT2D eigenvalue weighted by molar-refractivity contribution is 7.91. The standard InChI is InChI=1S/C20H15ClN4O5S.C19H13ClN4O5S.C12H9ClN2O4.C8H10N2O3S/c1-29-20(26)15-11-17(25(24-15)16-9-4-3-8-14(16)21)19-23-22-18(30-19)12-6-5-7-13(10-12)31(2,27)28;1-30(27,28)12-6-4-5-11(9-12)17-21-22-18(29-17)16-10-14(19(25)26)23-24(16)15-8-3-2-7-13(15)20;1-19-12(18)8-6-10(11(16)17)15(14-8)9-5-3-2-4-7(9)13;1-14(12,13)7-4-2-3-6(5-7)8(11)10-9/h3-11H,1-2H3;2-10H,1H3,(H,25,26);2-6H,1H3,(H,16,17);2-5H,9H2,1H3,(H,10,11). The van der Waals surface area contributed by atoms with E-state index < -0.39 is 59.3 Å². The number of carboxylic acid groups (broad SMARTS) is 2. The first kappa shape index (κ1) is 69.2. The van der Waals surface area contributed by atoms with Crippen molar-refractivity contribution in [3.05, 3.63) is 207 Å². The largest absolute Gasteiger partial charge is 0.477 e. The molecule has 0 spiro atoms. The number of nitrogens with two attached hydrogens (primary N) is 1. The van der Waals surface area contributed by atoms with Crippen LogP contribution in [0, 0.1) is 0 Å². The number of nitrogen functional groups attached to an aromatic ring is 1. The van der Waals surface area contributed by atoms with Gasteiger partial charge in [0.2, 0.25) is 11.8 Å². The molecular weight excluding hydrogens is 1350 g/mol. The van der Waals surface area contributed by atoms with E-state index in [4.69, 9.17) is 59.3 Å². The summed E-state index contributed by atoms with van der Waals surface area (Å²) in [7, 11) is -7.67. The first-order chi connectivity index (χ1) is 44.5. The molecule has 0 bridgehead atoms. The van der Waals surface area contributed by atoms with Gasteiger partial charge in [-0.2, -0.15) is 15.3 Å². The second kappa shape index (κ2) is 29.3. The van der Waals surface area contributed by atoms with Crippen molar-refractivity contribution >= 4 is 94.1 Å². The van der Waals surface area contributed by atoms with Crippen molar-refractivity contribution in [1.82, 2.24) is 55.2 Å². The second-order valence-electron chi connectivity index (χ2n) is 19.1. The van der Waals surface area contributed by atoms with E-state index in [-0.39, 0.29) is 72.3 Å². The summed E-state index contributed by atoms with van der Waals surface area (Å²) in [6, 6.07) is 42.0. The van der Waals surface area contributed by atoms with Gasteiger partial charge in [-0.25, -0.2) is 64.3 Å². The van der Waals surface area contributed by atoms with E-state index in [0.29, 0.717) is 49.0 Å². The molecule has 94 heavy (non-hydrogen) atoms. The zero-order valence-corrected chi connectivity index (χ0v) is 53.7. The minimum Gasteiger partial charge on any atom is -0.477 e. The third-order valence-electron chi connectivity index (χ3n) is 12.6. The molecule has 5 N–H and O–H groups in total. The number of carbonyl (C=O) groups is 5. The zero-order valence-electron chi connectivity index (χ0n) is 49.0. The molecule has 0 aliphatic rings. The maximum Gasteiger partial charge on any atom is 0.358 e. The van der Waals surface area contributed by atoms with Gasteiger partial charge in [0.15, 0.2) is 52.3 Å². The molecule has 5 aromatic heterocycles. The van der Waals surface area contributed by atoms with Gasteiger partial charge < -0.3 is 28.5 Å². The average Bonchev–Trinajstić information content (AvgIpc) is 1.64. The number of para-hydroxylation sites is 3. The maximum atomic E-state index is 12.0. The summed E-state index contributed by atoms with van der Waals surface area (Å²) >= 11 is 18.5. The quantitative estimate of drug-likeness (QED) is 0.0323. The van der Waals surface area contributed by atoms with E-state index in [1.165, 1.54) is 84.2 Å². The molecule has 11 aromatic rings. The lowest BCUT2D eigenvalue weighted by atomic mass is 10.2. The maximum absolute atomic E-state index is 12.0. The topological polar surface area (TPSA) is 416 Å². The van der Waals surface area contributed by atoms with Gasteiger partial charge in [0.25, 0.3) is 17.7 Å². The predicted octanol–water partition coefficient (Wildman–Crippen LogP) is 8.48. The number of nitrogens with zero attached hydrogens (tertiary/aromatic N) is 10. The fourth-order valence-electron chi connectivity index (χ4n) is 8.09. The van der Waals surface area contributed by atoms with Gasteiger partial charge in [-0.15, -0.1) is 20.4 Å². The number of rotatable bonds is 15. The van der Waals surface area contributed by atoms with Crippen LogP contribution in [0.15, 0.2) is 187 Å². The van der Waals surface area contributed by atoms with Crippen LogP contribution in [0.4, 0.5) is 0 Å². The highest BCUT2D eigenvalue weighted by Gasteiger charge is 2.26. The molecule has 0 aliphatic carbocycles. The number of ether oxygens (including phenoxy) is 2. The zero-order chi connectivity index (χ0) is 68.4. The molecule has 0 saturated carbocycles. The van der Waals surface area contributed by atoms with Crippen molar-refractivity contribution in [2.45, 2.75) is 14.7 Å². The summed E-state index contributed by atoms with van der Waals surface area (Å²) in [5.41, 5.74) is 4.33. The summed E-state index contributed by atoms with van der Waals surface area (Å²) < 4.78 is 94.1. The van der Waals surface area contributed by atoms with Crippen LogP contribution in [0.25, 0.3) is 63.1 Å². The number of amides is 1. The number of nitrogens with one attached hydrogen (secondary N) is 1. The number of hydrazine groups is 1. The Morgan fingerprint density at radius 3 is 1.21 bits per heavy atom. The fraction of sp³-hybridized carbons (Fsp3) is 0.0847. The minimum absolute atomic E-state index is 0.00493. The first-order valence-corrected chi connectivity index (χ1v) is 33.1. The summed E-state index contributed by atoms with van der Waals surface area (Å²) in [5.74, 6) is 0.808. The van der Waals surface area contributed by atoms with Crippen molar-refractivity contribution in [3.8, 4) is 63.1 Å². The molecule has 29 nitrogen and oxygen atoms in total. The molecule has 0 unspecified atom stereocenters. The normalized spacial score (nSPS) is 11.2. The van der Waals surface area contributed by atoms with Crippen molar-refractivity contribution in [2.24, 2.45) is 5.84 Å². The van der Waals surface area contributed by atoms with E-state index >= 15 is 0 Å². The van der Waals surface area contributed by atoms with Crippen LogP contribution in [0.3, 0.4) is 0 Å². The SMILES string of the molecule is COC(=O)c1cc(-c2nnc(-c3cccc(S(C)(=O)=O)c3)o2)n(-c2ccccc2Cl)n1.COC(=O)c1cc(C(=O)O)n(-c2ccccc2Cl)n1.CS(=O)(=O)c1cccc(-c2nnc(-c3cc(C(=O)O)nn3-c3ccccc3Cl)o2)c1.CS(=O)(=O)c1cccc(C(=O)NN)c1. The van der Waals surface area contributed by atoms with Crippen LogP contribution in [0.5, 0.6) is 0 Å². The van der Waals surface area contributed by atoms with Crippen LogP contribution < -0.4 is 11.3 Å². The van der Waals surface area contributed by atoms with Gasteiger partial charge in [0.05, 0.1) is 61.0 Å². The van der Waals surface area contributed by atoms with Crippen molar-refractivity contribution in [2.75, 3.05) is 33.0 Å². The molecule has 0 atom stereocenters. The van der Waals surface area contributed by atoms with Crippen LogP contribution in [0.1, 0.15) is 52.3 Å². The predicted molar refractivity (Wildman–Crippen MR) is 337 cm³/mol. The molecule has 0 fully saturated rings. The van der Waals surface area contributed by atoms with Crippen LogP contribution in [-0.2, 0) is 39.0 Å². The number of aromatic carboxylic acids is 2. The van der Waals surface area contributed by atoms with Gasteiger partial charge in [-0.05, 0) is 91.0 Å². The van der Waals surface area contributed by atoms with Crippen molar-refractivity contribution in [3.63, 3.8) is 0 Å². The Hall–Kier alpha value is -10.7. The lowest BCUT2D eigenvalue weighted by Gasteiger charge is -2.06. The van der Waals surface area contributed by atoms with E-state index in [1.54, 1.807) is 97.1 Å². The van der Waals surface area contributed by atoms with Gasteiger partial charge >= 0.3 is 23.9 Å². The molecule has 1 amide bonds. The summed E-state index contributed by atoms with van der Waals surface area (Å²) in [5, 5.41) is 47.8. The first-order valence-electron chi connectivity index (χ1n) is 26.3. The number of esters is 2. The number of hydrogen-bond donors (Lipinski definition) is 4. The lowest BCUT2D eigenvalue weighted by molar-refractivity contribution is 0.0584. The Morgan fingerprint density at radius 2 is 0.819 bits per heavy atom. The number of aromatic nitrogens is 10. The van der Waals surface area contributed by atoms with E-state index in [1.807, 2.05) is 5.43 Å². The number of carbonyl (C=O) groups excluding carboxylic acids is 3. The highest BCUT2D eigenvalue weighted by atomic mass is 35.5. The van der Waals surface area contributed by atoms with Gasteiger partial charge in [0.1, 0.15) is 11.4 Å². The van der Waals surface area contributed by atoms with Crippen LogP contribution >= 0.6 is 34.8 Å². The molecule has 0 radical (unpaired) electrons. The van der Waals surface area contributed by atoms with E-state index in [9.17, 15) is 54.3 Å². The number of benzene rings is 6. The molecule has 484 valence electrons. The molecular formula is C59H47Cl3N12O17S3. The van der Waals surface area contributed by atoms with Gasteiger partial charge in [-0.1, -0.05) is 89.4 Å². The van der Waals surface area contributed by atoms with Gasteiger partial charge in [-0.3, -0.25) is 10.2 Å². The van der Waals surface area contributed by atoms with E-state index in [0.717, 1.165) is 29.5 Å². The molecule has 0 aliphatic heterocycles. The monoisotopic (exact) mass is 1400 g/mol. The van der Waals surface area contributed by atoms with E-state index in [2.05, 4.69) is 40.4 Å². The number of halogens is 3. The average molecular weight is 1400 g/mol. The van der Waals surface area contributed by atoms with Crippen LogP contribution in [-0.4, -0.2) is 148 Å². The number of hydrogen-bond acceptors (Lipinski definition) is 23. The van der Waals surface area contributed by atoms with Crippen molar-refractivity contribution in [1.29, 1.82) is 0 Å². The van der Waals surface area contributed by atoms with Gasteiger partial charge in [0, 0.05) is 53.7 Å². The smallest absolute Gasteiger partial charge is 0.358 e. The minimum atomic E-state index is -3.42. The third-order valence-corrected chi connectivity index (χ3v) is 16.8. The Labute approximate surface area is 547 Å². The summed E-state index contributed by atoms with van der Waals surface area (Å²) in [6.45, 7) is 0. The number of sulfone groups is 3. The Balaban J connectivity index is 0.000000168. The highest BCUT2D eigenvalue weighted by Crippen LogP contribution is 2.33. The van der Waals surface area contributed by atoms with Crippen LogP contribution in [0.2, 0.25) is 15.1 Å². The molecule has 5 heterocycles. The Kier molecular flexibility index (Phi) is 21.5. The second-order valence-corrected chi connectivity index (χ2v) is 26.4. The van der Waals surface area contributed by atoms with Crippen molar-refractivity contribution < 1.29 is 77.7 Å². The lowest BCUT2D eigenvalue weighted by Crippen LogP contribution is -2.30.